The number of carbonyl (C=O) groups is 1. The highest BCUT2D eigenvalue weighted by molar-refractivity contribution is 6.42. The highest BCUT2D eigenvalue weighted by Gasteiger charge is 2.14. The third kappa shape index (κ3) is 4.09. The number of hydrogen-bond acceptors (Lipinski definition) is 2. The number of halogens is 2. The number of amides is 1. The van der Waals surface area contributed by atoms with Crippen LogP contribution in [0.4, 0.5) is 0 Å². The van der Waals surface area contributed by atoms with Crippen LogP contribution in [0, 0.1) is 13.8 Å². The Labute approximate surface area is 162 Å². The lowest BCUT2D eigenvalue weighted by Gasteiger charge is -2.08. The number of carbonyl (C=O) groups excluding carboxylic acids is 1. The van der Waals surface area contributed by atoms with Gasteiger partial charge in [0.05, 0.1) is 22.3 Å². The van der Waals surface area contributed by atoms with Gasteiger partial charge in [-0.25, -0.2) is 0 Å². The largest absolute Gasteiger partial charge is 0.348 e. The third-order valence-corrected chi connectivity index (χ3v) is 5.05. The topological polar surface area (TPSA) is 46.9 Å². The van der Waals surface area contributed by atoms with Crippen molar-refractivity contribution in [2.45, 2.75) is 26.9 Å². The summed E-state index contributed by atoms with van der Waals surface area (Å²) in [7, 11) is 0. The molecular formula is C20H19Cl2N3O. The van der Waals surface area contributed by atoms with Gasteiger partial charge in [0.2, 0.25) is 0 Å². The number of aryl methyl sites for hydroxylation is 1. The van der Waals surface area contributed by atoms with Gasteiger partial charge in [0.25, 0.3) is 5.91 Å². The SMILES string of the molecule is Cc1nn(Cc2ccccc2)c(C)c1CNC(=O)c1ccc(Cl)c(Cl)c1. The molecule has 1 amide bonds. The first kappa shape index (κ1) is 18.5. The summed E-state index contributed by atoms with van der Waals surface area (Å²) in [5.41, 5.74) is 4.64. The zero-order valence-electron chi connectivity index (χ0n) is 14.6. The first-order valence-electron chi connectivity index (χ1n) is 8.25. The number of nitrogens with zero attached hydrogens (tertiary/aromatic N) is 2. The molecule has 3 aromatic rings. The summed E-state index contributed by atoms with van der Waals surface area (Å²) in [4.78, 5) is 12.4. The number of hydrogen-bond donors (Lipinski definition) is 1. The van der Waals surface area contributed by atoms with Crippen LogP contribution >= 0.6 is 23.2 Å². The minimum absolute atomic E-state index is 0.196. The second kappa shape index (κ2) is 7.94. The Kier molecular flexibility index (Phi) is 5.64. The quantitative estimate of drug-likeness (QED) is 0.684. The van der Waals surface area contributed by atoms with Crippen molar-refractivity contribution in [3.8, 4) is 0 Å². The standard InChI is InChI=1S/C20H19Cl2N3O/c1-13-17(11-23-20(26)16-8-9-18(21)19(22)10-16)14(2)25(24-13)12-15-6-4-3-5-7-15/h3-10H,11-12H2,1-2H3,(H,23,26). The van der Waals surface area contributed by atoms with Gasteiger partial charge in [-0.2, -0.15) is 5.10 Å². The molecule has 4 nitrogen and oxygen atoms in total. The second-order valence-electron chi connectivity index (χ2n) is 6.10. The van der Waals surface area contributed by atoms with Gasteiger partial charge in [-0.1, -0.05) is 53.5 Å². The van der Waals surface area contributed by atoms with Crippen LogP contribution in [0.1, 0.15) is 32.9 Å². The Bertz CT molecular complexity index is 936. The molecule has 0 fully saturated rings. The molecule has 0 aliphatic heterocycles. The van der Waals surface area contributed by atoms with E-state index in [0.717, 1.165) is 17.0 Å². The summed E-state index contributed by atoms with van der Waals surface area (Å²) in [5, 5.41) is 8.33. The van der Waals surface area contributed by atoms with E-state index in [1.165, 1.54) is 5.56 Å². The van der Waals surface area contributed by atoms with E-state index in [2.05, 4.69) is 22.5 Å². The molecule has 134 valence electrons. The lowest BCUT2D eigenvalue weighted by atomic mass is 10.1. The average molecular weight is 388 g/mol. The normalized spacial score (nSPS) is 10.8. The minimum atomic E-state index is -0.196. The summed E-state index contributed by atoms with van der Waals surface area (Å²) in [5.74, 6) is -0.196. The molecule has 0 saturated carbocycles. The van der Waals surface area contributed by atoms with Crippen LogP contribution < -0.4 is 5.32 Å². The van der Waals surface area contributed by atoms with E-state index in [1.54, 1.807) is 18.2 Å². The van der Waals surface area contributed by atoms with Crippen LogP contribution in [0.25, 0.3) is 0 Å². The van der Waals surface area contributed by atoms with Crippen molar-refractivity contribution in [2.75, 3.05) is 0 Å². The van der Waals surface area contributed by atoms with E-state index in [4.69, 9.17) is 23.2 Å². The molecule has 0 atom stereocenters. The van der Waals surface area contributed by atoms with Crippen molar-refractivity contribution < 1.29 is 4.79 Å². The fourth-order valence-corrected chi connectivity index (χ4v) is 3.11. The zero-order valence-corrected chi connectivity index (χ0v) is 16.1. The Hall–Kier alpha value is -2.30. The molecule has 0 aliphatic carbocycles. The Morgan fingerprint density at radius 1 is 1.08 bits per heavy atom. The molecule has 6 heteroatoms. The van der Waals surface area contributed by atoms with Crippen LogP contribution in [-0.4, -0.2) is 15.7 Å². The predicted molar refractivity (Wildman–Crippen MR) is 105 cm³/mol. The smallest absolute Gasteiger partial charge is 0.251 e. The Morgan fingerprint density at radius 3 is 2.50 bits per heavy atom. The van der Waals surface area contributed by atoms with Gasteiger partial charge in [-0.15, -0.1) is 0 Å². The molecule has 0 saturated heterocycles. The maximum absolute atomic E-state index is 12.4. The summed E-state index contributed by atoms with van der Waals surface area (Å²) in [6.45, 7) is 5.08. The number of aromatic nitrogens is 2. The summed E-state index contributed by atoms with van der Waals surface area (Å²) in [6.07, 6.45) is 0. The van der Waals surface area contributed by atoms with Crippen molar-refractivity contribution in [1.82, 2.24) is 15.1 Å². The summed E-state index contributed by atoms with van der Waals surface area (Å²) in [6, 6.07) is 15.0. The number of benzene rings is 2. The minimum Gasteiger partial charge on any atom is -0.348 e. The van der Waals surface area contributed by atoms with Crippen molar-refractivity contribution in [3.63, 3.8) is 0 Å². The molecular weight excluding hydrogens is 369 g/mol. The molecule has 0 bridgehead atoms. The van der Waals surface area contributed by atoms with E-state index in [1.807, 2.05) is 36.7 Å². The molecule has 3 rings (SSSR count). The number of nitrogens with one attached hydrogen (secondary N) is 1. The van der Waals surface area contributed by atoms with Crippen molar-refractivity contribution in [2.24, 2.45) is 0 Å². The van der Waals surface area contributed by atoms with Gasteiger partial charge >= 0.3 is 0 Å². The van der Waals surface area contributed by atoms with E-state index < -0.39 is 0 Å². The molecule has 0 spiro atoms. The molecule has 0 aliphatic rings. The van der Waals surface area contributed by atoms with Crippen LogP contribution in [-0.2, 0) is 13.1 Å². The maximum atomic E-state index is 12.4. The second-order valence-corrected chi connectivity index (χ2v) is 6.92. The van der Waals surface area contributed by atoms with Gasteiger partial charge in [-0.05, 0) is 37.6 Å². The third-order valence-electron chi connectivity index (χ3n) is 4.31. The maximum Gasteiger partial charge on any atom is 0.251 e. The van der Waals surface area contributed by atoms with E-state index in [9.17, 15) is 4.79 Å². The zero-order chi connectivity index (χ0) is 18.7. The van der Waals surface area contributed by atoms with Crippen LogP contribution in [0.3, 0.4) is 0 Å². The van der Waals surface area contributed by atoms with Crippen LogP contribution in [0.2, 0.25) is 10.0 Å². The Morgan fingerprint density at radius 2 is 1.81 bits per heavy atom. The van der Waals surface area contributed by atoms with Crippen LogP contribution in [0.5, 0.6) is 0 Å². The van der Waals surface area contributed by atoms with Crippen molar-refractivity contribution in [3.05, 3.63) is 86.7 Å². The van der Waals surface area contributed by atoms with Gasteiger partial charge in [0.15, 0.2) is 0 Å². The highest BCUT2D eigenvalue weighted by Crippen LogP contribution is 2.22. The van der Waals surface area contributed by atoms with Gasteiger partial charge in [-0.3, -0.25) is 9.48 Å². The molecule has 1 N–H and O–H groups in total. The van der Waals surface area contributed by atoms with Gasteiger partial charge in [0.1, 0.15) is 0 Å². The predicted octanol–water partition coefficient (Wildman–Crippen LogP) is 4.79. The molecule has 0 radical (unpaired) electrons. The fourth-order valence-electron chi connectivity index (χ4n) is 2.81. The molecule has 0 unspecified atom stereocenters. The highest BCUT2D eigenvalue weighted by atomic mass is 35.5. The van der Waals surface area contributed by atoms with E-state index in [0.29, 0.717) is 28.7 Å². The molecule has 26 heavy (non-hydrogen) atoms. The molecule has 2 aromatic carbocycles. The lowest BCUT2D eigenvalue weighted by Crippen LogP contribution is -2.23. The van der Waals surface area contributed by atoms with Crippen LogP contribution in [0.15, 0.2) is 48.5 Å². The summed E-state index contributed by atoms with van der Waals surface area (Å²) < 4.78 is 1.96. The lowest BCUT2D eigenvalue weighted by molar-refractivity contribution is 0.0951. The fraction of sp³-hybridized carbons (Fsp3) is 0.200. The Balaban J connectivity index is 1.72. The van der Waals surface area contributed by atoms with E-state index in [-0.39, 0.29) is 5.91 Å². The van der Waals surface area contributed by atoms with Crippen molar-refractivity contribution >= 4 is 29.1 Å². The first-order chi connectivity index (χ1) is 12.5. The van der Waals surface area contributed by atoms with Gasteiger partial charge < -0.3 is 5.32 Å². The van der Waals surface area contributed by atoms with E-state index >= 15 is 0 Å². The monoisotopic (exact) mass is 387 g/mol. The van der Waals surface area contributed by atoms with Crippen molar-refractivity contribution in [1.29, 1.82) is 0 Å². The molecule has 1 aromatic heterocycles. The van der Waals surface area contributed by atoms with Gasteiger partial charge in [0, 0.05) is 23.4 Å². The molecule has 1 heterocycles. The summed E-state index contributed by atoms with van der Waals surface area (Å²) >= 11 is 11.9. The number of rotatable bonds is 5. The average Bonchev–Trinajstić information content (AvgIpc) is 2.89. The first-order valence-corrected chi connectivity index (χ1v) is 9.01.